The van der Waals surface area contributed by atoms with Gasteiger partial charge in [-0.15, -0.1) is 0 Å². The van der Waals surface area contributed by atoms with Crippen LogP contribution in [0.2, 0.25) is 0 Å². The number of carbonyl (C=O) groups is 1. The predicted octanol–water partition coefficient (Wildman–Crippen LogP) is 2.82. The maximum atomic E-state index is 13.0. The number of nitrogens with one attached hydrogen (secondary N) is 1. The quantitative estimate of drug-likeness (QED) is 0.803. The van der Waals surface area contributed by atoms with Crippen LogP contribution in [0, 0.1) is 5.82 Å². The number of amides is 1. The van der Waals surface area contributed by atoms with Gasteiger partial charge >= 0.3 is 0 Å². The molecular weight excluding hydrogens is 269 g/mol. The summed E-state index contributed by atoms with van der Waals surface area (Å²) in [5.74, 6) is -0.191. The third-order valence-corrected chi connectivity index (χ3v) is 3.13. The molecule has 0 aliphatic carbocycles. The summed E-state index contributed by atoms with van der Waals surface area (Å²) in [4.78, 5) is 11.7. The highest BCUT2D eigenvalue weighted by atomic mass is 19.1. The van der Waals surface area contributed by atoms with Crippen molar-refractivity contribution < 1.29 is 14.3 Å². The molecule has 0 saturated heterocycles. The van der Waals surface area contributed by atoms with Crippen LogP contribution < -0.4 is 5.32 Å². The van der Waals surface area contributed by atoms with Gasteiger partial charge in [0.2, 0.25) is 5.91 Å². The second kappa shape index (κ2) is 7.43. The third-order valence-electron chi connectivity index (χ3n) is 3.13. The number of benzene rings is 2. The largest absolute Gasteiger partial charge is 0.508 e. The summed E-state index contributed by atoms with van der Waals surface area (Å²) in [6.07, 6.45) is 1.76. The van der Waals surface area contributed by atoms with Crippen LogP contribution in [0.3, 0.4) is 0 Å². The molecule has 0 aliphatic rings. The van der Waals surface area contributed by atoms with Crippen LogP contribution in [-0.4, -0.2) is 17.6 Å². The average molecular weight is 287 g/mol. The van der Waals surface area contributed by atoms with Gasteiger partial charge < -0.3 is 10.4 Å². The Morgan fingerprint density at radius 2 is 1.86 bits per heavy atom. The number of rotatable bonds is 6. The normalized spacial score (nSPS) is 10.3. The Labute approximate surface area is 123 Å². The summed E-state index contributed by atoms with van der Waals surface area (Å²) in [6.45, 7) is 0.559. The van der Waals surface area contributed by atoms with Crippen molar-refractivity contribution in [3.05, 3.63) is 65.5 Å². The molecule has 0 unspecified atom stereocenters. The molecule has 3 nitrogen and oxygen atoms in total. The van der Waals surface area contributed by atoms with Crippen molar-refractivity contribution in [2.24, 2.45) is 0 Å². The number of carbonyl (C=O) groups excluding carboxylic acids is 1. The molecule has 1 amide bonds. The number of phenols is 1. The van der Waals surface area contributed by atoms with E-state index in [0.29, 0.717) is 12.1 Å². The smallest absolute Gasteiger partial charge is 0.224 e. The van der Waals surface area contributed by atoms with Gasteiger partial charge in [-0.25, -0.2) is 4.39 Å². The molecule has 21 heavy (non-hydrogen) atoms. The zero-order chi connectivity index (χ0) is 15.1. The van der Waals surface area contributed by atoms with Crippen molar-refractivity contribution in [2.75, 3.05) is 6.54 Å². The molecule has 0 aliphatic heterocycles. The standard InChI is InChI=1S/C17H18FNO2/c18-15-7-1-5-14(10-15)12-17(21)19-9-3-6-13-4-2-8-16(20)11-13/h1-2,4-5,7-8,10-11,20H,3,6,9,12H2,(H,19,21). The Morgan fingerprint density at radius 1 is 1.10 bits per heavy atom. The lowest BCUT2D eigenvalue weighted by Crippen LogP contribution is -2.26. The molecule has 2 aromatic rings. The van der Waals surface area contributed by atoms with E-state index in [-0.39, 0.29) is 23.9 Å². The van der Waals surface area contributed by atoms with E-state index in [1.54, 1.807) is 30.3 Å². The number of aryl methyl sites for hydroxylation is 1. The summed E-state index contributed by atoms with van der Waals surface area (Å²) in [6, 6.07) is 13.1. The maximum Gasteiger partial charge on any atom is 0.224 e. The molecule has 4 heteroatoms. The molecule has 0 radical (unpaired) electrons. The van der Waals surface area contributed by atoms with Crippen LogP contribution >= 0.6 is 0 Å². The van der Waals surface area contributed by atoms with Gasteiger partial charge in [0.15, 0.2) is 0 Å². The van der Waals surface area contributed by atoms with Crippen molar-refractivity contribution >= 4 is 5.91 Å². The fraction of sp³-hybridized carbons (Fsp3) is 0.235. The van der Waals surface area contributed by atoms with Gasteiger partial charge in [-0.2, -0.15) is 0 Å². The van der Waals surface area contributed by atoms with Gasteiger partial charge in [0.05, 0.1) is 6.42 Å². The summed E-state index contributed by atoms with van der Waals surface area (Å²) >= 11 is 0. The van der Waals surface area contributed by atoms with Crippen molar-refractivity contribution in [3.63, 3.8) is 0 Å². The molecule has 0 fully saturated rings. The first-order chi connectivity index (χ1) is 10.1. The number of hydrogen-bond acceptors (Lipinski definition) is 2. The third kappa shape index (κ3) is 5.26. The molecule has 0 heterocycles. The topological polar surface area (TPSA) is 49.3 Å². The van der Waals surface area contributed by atoms with E-state index in [4.69, 9.17) is 0 Å². The number of halogens is 1. The zero-order valence-corrected chi connectivity index (χ0v) is 11.7. The molecule has 2 rings (SSSR count). The zero-order valence-electron chi connectivity index (χ0n) is 11.7. The van der Waals surface area contributed by atoms with E-state index >= 15 is 0 Å². The Bertz CT molecular complexity index is 613. The van der Waals surface area contributed by atoms with Crippen LogP contribution in [0.5, 0.6) is 5.75 Å². The summed E-state index contributed by atoms with van der Waals surface area (Å²) < 4.78 is 13.0. The second-order valence-electron chi connectivity index (χ2n) is 4.93. The molecule has 110 valence electrons. The lowest BCUT2D eigenvalue weighted by Gasteiger charge is -2.06. The highest BCUT2D eigenvalue weighted by molar-refractivity contribution is 5.78. The van der Waals surface area contributed by atoms with Gasteiger partial charge in [0.1, 0.15) is 11.6 Å². The van der Waals surface area contributed by atoms with Crippen LogP contribution in [0.25, 0.3) is 0 Å². The monoisotopic (exact) mass is 287 g/mol. The van der Waals surface area contributed by atoms with E-state index in [0.717, 1.165) is 18.4 Å². The van der Waals surface area contributed by atoms with E-state index in [1.807, 2.05) is 6.07 Å². The van der Waals surface area contributed by atoms with Crippen LogP contribution in [0.15, 0.2) is 48.5 Å². The number of hydrogen-bond donors (Lipinski definition) is 2. The highest BCUT2D eigenvalue weighted by Crippen LogP contribution is 2.12. The van der Waals surface area contributed by atoms with Crippen LogP contribution in [0.4, 0.5) is 4.39 Å². The average Bonchev–Trinajstić information content (AvgIpc) is 2.44. The van der Waals surface area contributed by atoms with Gasteiger partial charge in [-0.1, -0.05) is 24.3 Å². The minimum Gasteiger partial charge on any atom is -0.508 e. The maximum absolute atomic E-state index is 13.0. The van der Waals surface area contributed by atoms with E-state index in [9.17, 15) is 14.3 Å². The van der Waals surface area contributed by atoms with E-state index in [1.165, 1.54) is 12.1 Å². The number of aromatic hydroxyl groups is 1. The number of phenolic OH excluding ortho intramolecular Hbond substituents is 1. The lowest BCUT2D eigenvalue weighted by atomic mass is 10.1. The molecule has 2 aromatic carbocycles. The first-order valence-electron chi connectivity index (χ1n) is 6.92. The van der Waals surface area contributed by atoms with Gasteiger partial charge in [0.25, 0.3) is 0 Å². The lowest BCUT2D eigenvalue weighted by molar-refractivity contribution is -0.120. The fourth-order valence-electron chi connectivity index (χ4n) is 2.13. The van der Waals surface area contributed by atoms with Gasteiger partial charge in [-0.05, 0) is 48.2 Å². The highest BCUT2D eigenvalue weighted by Gasteiger charge is 2.03. The van der Waals surface area contributed by atoms with Crippen molar-refractivity contribution in [2.45, 2.75) is 19.3 Å². The molecule has 0 bridgehead atoms. The minimum atomic E-state index is -0.329. The first-order valence-corrected chi connectivity index (χ1v) is 6.92. The van der Waals surface area contributed by atoms with Crippen molar-refractivity contribution in [3.8, 4) is 5.75 Å². The Balaban J connectivity index is 1.70. The van der Waals surface area contributed by atoms with Gasteiger partial charge in [0, 0.05) is 6.54 Å². The molecule has 0 atom stereocenters. The van der Waals surface area contributed by atoms with E-state index < -0.39 is 0 Å². The molecular formula is C17H18FNO2. The molecule has 0 aromatic heterocycles. The second-order valence-corrected chi connectivity index (χ2v) is 4.93. The summed E-state index contributed by atoms with van der Waals surface area (Å²) in [7, 11) is 0. The summed E-state index contributed by atoms with van der Waals surface area (Å²) in [5, 5.41) is 12.2. The molecule has 0 spiro atoms. The van der Waals surface area contributed by atoms with Crippen LogP contribution in [-0.2, 0) is 17.6 Å². The van der Waals surface area contributed by atoms with Crippen molar-refractivity contribution in [1.82, 2.24) is 5.32 Å². The fourth-order valence-corrected chi connectivity index (χ4v) is 2.13. The Morgan fingerprint density at radius 3 is 2.62 bits per heavy atom. The minimum absolute atomic E-state index is 0.114. The predicted molar refractivity (Wildman–Crippen MR) is 79.5 cm³/mol. The van der Waals surface area contributed by atoms with Crippen LogP contribution in [0.1, 0.15) is 17.5 Å². The summed E-state index contributed by atoms with van der Waals surface area (Å²) in [5.41, 5.74) is 1.70. The molecule has 2 N–H and O–H groups in total. The Hall–Kier alpha value is -2.36. The van der Waals surface area contributed by atoms with Gasteiger partial charge in [-0.3, -0.25) is 4.79 Å². The van der Waals surface area contributed by atoms with E-state index in [2.05, 4.69) is 5.32 Å². The SMILES string of the molecule is O=C(Cc1cccc(F)c1)NCCCc1cccc(O)c1. The Kier molecular flexibility index (Phi) is 5.32. The molecule has 0 saturated carbocycles. The first kappa shape index (κ1) is 15.0. The van der Waals surface area contributed by atoms with Crippen molar-refractivity contribution in [1.29, 1.82) is 0 Å².